The van der Waals surface area contributed by atoms with Gasteiger partial charge >= 0.3 is 0 Å². The van der Waals surface area contributed by atoms with Gasteiger partial charge in [-0.15, -0.1) is 0 Å². The van der Waals surface area contributed by atoms with E-state index in [0.717, 1.165) is 0 Å². The Bertz CT molecular complexity index is 396. The molecule has 0 radical (unpaired) electrons. The quantitative estimate of drug-likeness (QED) is 0.871. The Labute approximate surface area is 114 Å². The Morgan fingerprint density at radius 2 is 2.35 bits per heavy atom. The Morgan fingerprint density at radius 3 is 2.94 bits per heavy atom. The molecule has 2 atom stereocenters. The van der Waals surface area contributed by atoms with Gasteiger partial charge in [0, 0.05) is 17.6 Å². The summed E-state index contributed by atoms with van der Waals surface area (Å²) < 4.78 is 0. The van der Waals surface area contributed by atoms with Gasteiger partial charge in [0.2, 0.25) is 0 Å². The number of nitrogens with one attached hydrogen (secondary N) is 1. The SMILES string of the molecule is O=C(NCC1CCCC1Br)c1ccc(Cl)cn1. The summed E-state index contributed by atoms with van der Waals surface area (Å²) in [5.41, 5.74) is 0.415. The molecule has 17 heavy (non-hydrogen) atoms. The number of hydrogen-bond donors (Lipinski definition) is 1. The molecule has 1 aromatic heterocycles. The zero-order valence-electron chi connectivity index (χ0n) is 9.33. The summed E-state index contributed by atoms with van der Waals surface area (Å²) >= 11 is 9.35. The number of rotatable bonds is 3. The van der Waals surface area contributed by atoms with Gasteiger partial charge in [0.1, 0.15) is 5.69 Å². The van der Waals surface area contributed by atoms with Crippen LogP contribution in [0.15, 0.2) is 18.3 Å². The second kappa shape index (κ2) is 5.83. The van der Waals surface area contributed by atoms with Crippen LogP contribution in [-0.4, -0.2) is 22.3 Å². The molecule has 1 amide bonds. The van der Waals surface area contributed by atoms with E-state index in [4.69, 9.17) is 11.6 Å². The minimum Gasteiger partial charge on any atom is -0.350 e. The molecule has 1 saturated carbocycles. The lowest BCUT2D eigenvalue weighted by Gasteiger charge is -2.14. The van der Waals surface area contributed by atoms with Gasteiger partial charge in [0.25, 0.3) is 5.91 Å². The van der Waals surface area contributed by atoms with Crippen molar-refractivity contribution in [2.75, 3.05) is 6.54 Å². The fourth-order valence-corrected chi connectivity index (χ4v) is 2.93. The third-order valence-electron chi connectivity index (χ3n) is 3.05. The maximum atomic E-state index is 11.8. The number of amides is 1. The number of alkyl halides is 1. The van der Waals surface area contributed by atoms with Crippen LogP contribution < -0.4 is 5.32 Å². The molecule has 1 aliphatic rings. The zero-order valence-corrected chi connectivity index (χ0v) is 11.7. The van der Waals surface area contributed by atoms with Crippen LogP contribution in [0.25, 0.3) is 0 Å². The highest BCUT2D eigenvalue weighted by Crippen LogP contribution is 2.30. The van der Waals surface area contributed by atoms with E-state index >= 15 is 0 Å². The van der Waals surface area contributed by atoms with Crippen molar-refractivity contribution < 1.29 is 4.79 Å². The van der Waals surface area contributed by atoms with Crippen molar-refractivity contribution in [1.82, 2.24) is 10.3 Å². The van der Waals surface area contributed by atoms with Crippen LogP contribution in [-0.2, 0) is 0 Å². The van der Waals surface area contributed by atoms with Crippen LogP contribution in [0.1, 0.15) is 29.8 Å². The van der Waals surface area contributed by atoms with Crippen molar-refractivity contribution in [2.24, 2.45) is 5.92 Å². The topological polar surface area (TPSA) is 42.0 Å². The van der Waals surface area contributed by atoms with Gasteiger partial charge in [-0.3, -0.25) is 4.79 Å². The summed E-state index contributed by atoms with van der Waals surface area (Å²) in [7, 11) is 0. The molecule has 1 aliphatic carbocycles. The maximum Gasteiger partial charge on any atom is 0.269 e. The van der Waals surface area contributed by atoms with E-state index in [1.165, 1.54) is 25.5 Å². The first-order valence-corrected chi connectivity index (χ1v) is 7.00. The number of carbonyl (C=O) groups excluding carboxylic acids is 1. The van der Waals surface area contributed by atoms with Crippen LogP contribution in [0, 0.1) is 5.92 Å². The summed E-state index contributed by atoms with van der Waals surface area (Å²) in [6.45, 7) is 0.707. The summed E-state index contributed by atoms with van der Waals surface area (Å²) in [5.74, 6) is 0.402. The van der Waals surface area contributed by atoms with Gasteiger partial charge in [0.05, 0.1) is 5.02 Å². The van der Waals surface area contributed by atoms with Gasteiger partial charge in [-0.1, -0.05) is 34.0 Å². The molecule has 3 nitrogen and oxygen atoms in total. The number of aromatic nitrogens is 1. The molecule has 0 bridgehead atoms. The van der Waals surface area contributed by atoms with Crippen molar-refractivity contribution in [3.63, 3.8) is 0 Å². The first-order valence-electron chi connectivity index (χ1n) is 5.70. The molecular formula is C12H14BrClN2O. The predicted molar refractivity (Wildman–Crippen MR) is 71.6 cm³/mol. The molecule has 0 aromatic carbocycles. The van der Waals surface area contributed by atoms with Gasteiger partial charge in [-0.2, -0.15) is 0 Å². The Balaban J connectivity index is 1.87. The van der Waals surface area contributed by atoms with Gasteiger partial charge in [-0.25, -0.2) is 4.98 Å². The van der Waals surface area contributed by atoms with E-state index in [9.17, 15) is 4.79 Å². The average Bonchev–Trinajstić information content (AvgIpc) is 2.73. The lowest BCUT2D eigenvalue weighted by atomic mass is 10.1. The Hall–Kier alpha value is -0.610. The molecule has 5 heteroatoms. The minimum absolute atomic E-state index is 0.131. The molecular weight excluding hydrogens is 304 g/mol. The number of hydrogen-bond acceptors (Lipinski definition) is 2. The molecule has 1 heterocycles. The number of pyridine rings is 1. The van der Waals surface area contributed by atoms with E-state index in [2.05, 4.69) is 26.2 Å². The van der Waals surface area contributed by atoms with Gasteiger partial charge < -0.3 is 5.32 Å². The van der Waals surface area contributed by atoms with Crippen LogP contribution in [0.3, 0.4) is 0 Å². The van der Waals surface area contributed by atoms with E-state index in [1.807, 2.05) is 0 Å². The second-order valence-corrected chi connectivity index (χ2v) is 5.89. The molecule has 1 N–H and O–H groups in total. The summed E-state index contributed by atoms with van der Waals surface area (Å²) in [6.07, 6.45) is 5.08. The fraction of sp³-hybridized carbons (Fsp3) is 0.500. The highest BCUT2D eigenvalue weighted by Gasteiger charge is 2.25. The summed E-state index contributed by atoms with van der Waals surface area (Å²) in [4.78, 5) is 16.3. The maximum absolute atomic E-state index is 11.8. The first-order chi connectivity index (χ1) is 8.16. The third-order valence-corrected chi connectivity index (χ3v) is 4.48. The molecule has 2 unspecified atom stereocenters. The molecule has 1 fully saturated rings. The van der Waals surface area contributed by atoms with E-state index in [1.54, 1.807) is 12.1 Å². The normalized spacial score (nSPS) is 23.6. The number of nitrogens with zero attached hydrogens (tertiary/aromatic N) is 1. The third kappa shape index (κ3) is 3.42. The largest absolute Gasteiger partial charge is 0.350 e. The number of carbonyl (C=O) groups is 1. The molecule has 0 saturated heterocycles. The Morgan fingerprint density at radius 1 is 1.53 bits per heavy atom. The molecule has 1 aromatic rings. The van der Waals surface area contributed by atoms with Gasteiger partial charge in [0.15, 0.2) is 0 Å². The van der Waals surface area contributed by atoms with Crippen molar-refractivity contribution >= 4 is 33.4 Å². The van der Waals surface area contributed by atoms with E-state index in [0.29, 0.717) is 28.0 Å². The van der Waals surface area contributed by atoms with Gasteiger partial charge in [-0.05, 0) is 30.9 Å². The lowest BCUT2D eigenvalue weighted by Crippen LogP contribution is -2.31. The van der Waals surface area contributed by atoms with Crippen LogP contribution in [0.5, 0.6) is 0 Å². The lowest BCUT2D eigenvalue weighted by molar-refractivity contribution is 0.0943. The second-order valence-electron chi connectivity index (χ2n) is 4.28. The summed E-state index contributed by atoms with van der Waals surface area (Å²) in [5, 5.41) is 3.46. The van der Waals surface area contributed by atoms with E-state index < -0.39 is 0 Å². The fourth-order valence-electron chi connectivity index (χ4n) is 2.05. The van der Waals surface area contributed by atoms with Crippen molar-refractivity contribution in [1.29, 1.82) is 0 Å². The monoisotopic (exact) mass is 316 g/mol. The molecule has 92 valence electrons. The molecule has 0 aliphatic heterocycles. The smallest absolute Gasteiger partial charge is 0.269 e. The average molecular weight is 318 g/mol. The Kier molecular flexibility index (Phi) is 4.40. The standard InChI is InChI=1S/C12H14BrClN2O/c13-10-3-1-2-8(10)6-16-12(17)11-5-4-9(14)7-15-11/h4-5,7-8,10H,1-3,6H2,(H,16,17). The predicted octanol–water partition coefficient (Wildman–Crippen LogP) is 3.03. The molecule has 2 rings (SSSR count). The van der Waals surface area contributed by atoms with Crippen LogP contribution in [0.4, 0.5) is 0 Å². The van der Waals surface area contributed by atoms with Crippen LogP contribution >= 0.6 is 27.5 Å². The summed E-state index contributed by atoms with van der Waals surface area (Å²) in [6, 6.07) is 3.31. The van der Waals surface area contributed by atoms with Crippen molar-refractivity contribution in [3.05, 3.63) is 29.0 Å². The van der Waals surface area contributed by atoms with E-state index in [-0.39, 0.29) is 5.91 Å². The zero-order chi connectivity index (χ0) is 12.3. The minimum atomic E-state index is -0.131. The van der Waals surface area contributed by atoms with Crippen molar-refractivity contribution in [2.45, 2.75) is 24.1 Å². The first kappa shape index (κ1) is 12.8. The highest BCUT2D eigenvalue weighted by molar-refractivity contribution is 9.09. The van der Waals surface area contributed by atoms with Crippen LogP contribution in [0.2, 0.25) is 5.02 Å². The highest BCUT2D eigenvalue weighted by atomic mass is 79.9. The number of halogens is 2. The van der Waals surface area contributed by atoms with Crippen molar-refractivity contribution in [3.8, 4) is 0 Å². The molecule has 0 spiro atoms.